The standard InChI is InChI=1S/C20H23N7/c1-17-18(16-24-27(17)20-22-9-5-10-23-20)6-4-11-25-12-14-26(15-13-25)19-7-2-3-8-21-19/h2-10,16H,11-15H2,1H3/b6-4+. The van der Waals surface area contributed by atoms with Crippen LogP contribution in [0.1, 0.15) is 11.3 Å². The van der Waals surface area contributed by atoms with Gasteiger partial charge in [-0.3, -0.25) is 4.90 Å². The van der Waals surface area contributed by atoms with Crippen molar-refractivity contribution in [1.82, 2.24) is 29.6 Å². The summed E-state index contributed by atoms with van der Waals surface area (Å²) in [6.07, 6.45) is 11.5. The third kappa shape index (κ3) is 4.03. The molecule has 1 aliphatic rings. The van der Waals surface area contributed by atoms with Crippen LogP contribution in [0.4, 0.5) is 5.82 Å². The van der Waals surface area contributed by atoms with Gasteiger partial charge in [-0.2, -0.15) is 5.10 Å². The first-order valence-corrected chi connectivity index (χ1v) is 9.18. The van der Waals surface area contributed by atoms with Crippen LogP contribution in [0.3, 0.4) is 0 Å². The molecule has 4 heterocycles. The predicted molar refractivity (Wildman–Crippen MR) is 106 cm³/mol. The Hall–Kier alpha value is -3.06. The highest BCUT2D eigenvalue weighted by Crippen LogP contribution is 2.14. The Kier molecular flexibility index (Phi) is 5.20. The van der Waals surface area contributed by atoms with Crippen LogP contribution in [-0.2, 0) is 0 Å². The van der Waals surface area contributed by atoms with Gasteiger partial charge in [0, 0.05) is 56.9 Å². The summed E-state index contributed by atoms with van der Waals surface area (Å²) in [5, 5.41) is 4.41. The van der Waals surface area contributed by atoms with E-state index in [2.05, 4.69) is 48.1 Å². The van der Waals surface area contributed by atoms with Gasteiger partial charge in [0.05, 0.1) is 11.9 Å². The molecule has 3 aromatic rings. The second-order valence-electron chi connectivity index (χ2n) is 6.52. The summed E-state index contributed by atoms with van der Waals surface area (Å²) in [5.41, 5.74) is 2.13. The van der Waals surface area contributed by atoms with Crippen molar-refractivity contribution in [2.45, 2.75) is 6.92 Å². The monoisotopic (exact) mass is 361 g/mol. The maximum Gasteiger partial charge on any atom is 0.250 e. The summed E-state index contributed by atoms with van der Waals surface area (Å²) in [6, 6.07) is 7.88. The number of piperazine rings is 1. The van der Waals surface area contributed by atoms with Crippen molar-refractivity contribution in [3.63, 3.8) is 0 Å². The fourth-order valence-electron chi connectivity index (χ4n) is 3.22. The Bertz CT molecular complexity index is 881. The van der Waals surface area contributed by atoms with Gasteiger partial charge in [0.2, 0.25) is 0 Å². The molecule has 0 saturated carbocycles. The number of anilines is 1. The first kappa shape index (κ1) is 17.4. The minimum Gasteiger partial charge on any atom is -0.354 e. The molecular formula is C20H23N7. The number of pyridine rings is 1. The molecule has 0 spiro atoms. The predicted octanol–water partition coefficient (Wildman–Crippen LogP) is 2.20. The minimum absolute atomic E-state index is 0.597. The van der Waals surface area contributed by atoms with Crippen LogP contribution in [0.5, 0.6) is 0 Å². The first-order chi connectivity index (χ1) is 13.3. The maximum absolute atomic E-state index is 4.44. The first-order valence-electron chi connectivity index (χ1n) is 9.18. The van der Waals surface area contributed by atoms with Crippen molar-refractivity contribution in [2.75, 3.05) is 37.6 Å². The van der Waals surface area contributed by atoms with E-state index in [0.717, 1.165) is 49.8 Å². The fourth-order valence-corrected chi connectivity index (χ4v) is 3.22. The van der Waals surface area contributed by atoms with Crippen molar-refractivity contribution >= 4 is 11.9 Å². The number of hydrogen-bond acceptors (Lipinski definition) is 6. The zero-order valence-electron chi connectivity index (χ0n) is 15.4. The molecular weight excluding hydrogens is 338 g/mol. The molecule has 1 fully saturated rings. The third-order valence-corrected chi connectivity index (χ3v) is 4.80. The maximum atomic E-state index is 4.44. The average molecular weight is 361 g/mol. The number of nitrogens with zero attached hydrogens (tertiary/aromatic N) is 7. The fraction of sp³-hybridized carbons (Fsp3) is 0.300. The molecule has 0 amide bonds. The van der Waals surface area contributed by atoms with Gasteiger partial charge in [0.25, 0.3) is 5.95 Å². The molecule has 1 aliphatic heterocycles. The zero-order valence-corrected chi connectivity index (χ0v) is 15.4. The van der Waals surface area contributed by atoms with E-state index in [-0.39, 0.29) is 0 Å². The Morgan fingerprint density at radius 3 is 2.48 bits per heavy atom. The van der Waals surface area contributed by atoms with Crippen LogP contribution in [0, 0.1) is 6.92 Å². The zero-order chi connectivity index (χ0) is 18.5. The van der Waals surface area contributed by atoms with Crippen molar-refractivity contribution in [3.8, 4) is 5.95 Å². The van der Waals surface area contributed by atoms with Crippen LogP contribution < -0.4 is 4.90 Å². The second-order valence-corrected chi connectivity index (χ2v) is 6.52. The van der Waals surface area contributed by atoms with E-state index < -0.39 is 0 Å². The summed E-state index contributed by atoms with van der Waals surface area (Å²) in [5.74, 6) is 1.67. The van der Waals surface area contributed by atoms with Crippen molar-refractivity contribution in [3.05, 3.63) is 66.4 Å². The van der Waals surface area contributed by atoms with E-state index in [1.807, 2.05) is 31.5 Å². The third-order valence-electron chi connectivity index (χ3n) is 4.80. The molecule has 0 unspecified atom stereocenters. The lowest BCUT2D eigenvalue weighted by Crippen LogP contribution is -2.46. The van der Waals surface area contributed by atoms with E-state index in [1.54, 1.807) is 23.1 Å². The average Bonchev–Trinajstić information content (AvgIpc) is 3.10. The summed E-state index contributed by atoms with van der Waals surface area (Å²) in [7, 11) is 0. The molecule has 7 nitrogen and oxygen atoms in total. The van der Waals surface area contributed by atoms with Crippen molar-refractivity contribution < 1.29 is 0 Å². The number of aromatic nitrogens is 5. The van der Waals surface area contributed by atoms with Gasteiger partial charge in [0.1, 0.15) is 5.82 Å². The van der Waals surface area contributed by atoms with Gasteiger partial charge in [0.15, 0.2) is 0 Å². The summed E-state index contributed by atoms with van der Waals surface area (Å²) in [4.78, 5) is 17.7. The number of rotatable bonds is 5. The highest BCUT2D eigenvalue weighted by molar-refractivity contribution is 5.51. The van der Waals surface area contributed by atoms with Gasteiger partial charge in [-0.05, 0) is 25.1 Å². The Labute approximate surface area is 159 Å². The molecule has 27 heavy (non-hydrogen) atoms. The Balaban J connectivity index is 1.32. The minimum atomic E-state index is 0.597. The van der Waals surface area contributed by atoms with Crippen molar-refractivity contribution in [1.29, 1.82) is 0 Å². The van der Waals surface area contributed by atoms with E-state index in [4.69, 9.17) is 0 Å². The quantitative estimate of drug-likeness (QED) is 0.694. The highest BCUT2D eigenvalue weighted by atomic mass is 15.3. The number of hydrogen-bond donors (Lipinski definition) is 0. The topological polar surface area (TPSA) is 63.0 Å². The molecule has 4 rings (SSSR count). The van der Waals surface area contributed by atoms with Crippen LogP contribution in [0.25, 0.3) is 12.0 Å². The molecule has 0 aromatic carbocycles. The van der Waals surface area contributed by atoms with E-state index in [1.165, 1.54) is 0 Å². The molecule has 7 heteroatoms. The summed E-state index contributed by atoms with van der Waals surface area (Å²) < 4.78 is 1.77. The van der Waals surface area contributed by atoms with Crippen LogP contribution >= 0.6 is 0 Å². The normalized spacial score (nSPS) is 15.5. The van der Waals surface area contributed by atoms with E-state index in [0.29, 0.717) is 5.95 Å². The summed E-state index contributed by atoms with van der Waals surface area (Å²) in [6.45, 7) is 7.06. The lowest BCUT2D eigenvalue weighted by molar-refractivity contribution is 0.283. The van der Waals surface area contributed by atoms with Gasteiger partial charge in [-0.15, -0.1) is 0 Å². The molecule has 138 valence electrons. The molecule has 1 saturated heterocycles. The molecule has 0 aliphatic carbocycles. The van der Waals surface area contributed by atoms with Crippen molar-refractivity contribution in [2.24, 2.45) is 0 Å². The van der Waals surface area contributed by atoms with E-state index in [9.17, 15) is 0 Å². The van der Waals surface area contributed by atoms with Gasteiger partial charge < -0.3 is 4.90 Å². The van der Waals surface area contributed by atoms with Gasteiger partial charge in [-0.1, -0.05) is 18.2 Å². The lowest BCUT2D eigenvalue weighted by atomic mass is 10.2. The molecule has 0 atom stereocenters. The lowest BCUT2D eigenvalue weighted by Gasteiger charge is -2.34. The Morgan fingerprint density at radius 1 is 0.963 bits per heavy atom. The Morgan fingerprint density at radius 2 is 1.74 bits per heavy atom. The highest BCUT2D eigenvalue weighted by Gasteiger charge is 2.16. The SMILES string of the molecule is Cc1c(/C=C/CN2CCN(c3ccccn3)CC2)cnn1-c1ncccn1. The smallest absolute Gasteiger partial charge is 0.250 e. The van der Waals surface area contributed by atoms with E-state index >= 15 is 0 Å². The van der Waals surface area contributed by atoms with Gasteiger partial charge in [-0.25, -0.2) is 19.6 Å². The molecule has 0 radical (unpaired) electrons. The van der Waals surface area contributed by atoms with Crippen LogP contribution in [0.2, 0.25) is 0 Å². The molecule has 0 N–H and O–H groups in total. The molecule has 3 aromatic heterocycles. The van der Waals surface area contributed by atoms with Crippen LogP contribution in [0.15, 0.2) is 55.1 Å². The largest absolute Gasteiger partial charge is 0.354 e. The van der Waals surface area contributed by atoms with Gasteiger partial charge >= 0.3 is 0 Å². The van der Waals surface area contributed by atoms with Crippen LogP contribution in [-0.4, -0.2) is 62.4 Å². The second kappa shape index (κ2) is 8.09. The molecule has 0 bridgehead atoms. The summed E-state index contributed by atoms with van der Waals surface area (Å²) >= 11 is 0.